The van der Waals surface area contributed by atoms with Crippen molar-refractivity contribution in [2.45, 2.75) is 13.1 Å². The maximum atomic E-state index is 3.18. The van der Waals surface area contributed by atoms with E-state index in [0.717, 1.165) is 0 Å². The number of aromatic amines is 1. The summed E-state index contributed by atoms with van der Waals surface area (Å²) in [5.74, 6) is 0. The minimum Gasteiger partial charge on any atom is -1.00 e. The first kappa shape index (κ1) is 21.6. The van der Waals surface area contributed by atoms with Crippen LogP contribution in [0.5, 0.6) is 0 Å². The summed E-state index contributed by atoms with van der Waals surface area (Å²) in [6, 6.07) is 3.71. The summed E-state index contributed by atoms with van der Waals surface area (Å²) in [4.78, 5) is 2.74. The Morgan fingerprint density at radius 3 is 2.12 bits per heavy atom. The van der Waals surface area contributed by atoms with Gasteiger partial charge in [-0.25, -0.2) is 12.2 Å². The van der Waals surface area contributed by atoms with E-state index in [-0.39, 0.29) is 59.4 Å². The molecular weight excluding hydrogens is 336 g/mol. The molecule has 1 N–H and O–H groups in total. The van der Waals surface area contributed by atoms with Crippen molar-refractivity contribution in [3.05, 3.63) is 48.8 Å². The van der Waals surface area contributed by atoms with Gasteiger partial charge in [0.15, 0.2) is 0 Å². The van der Waals surface area contributed by atoms with Gasteiger partial charge in [0, 0.05) is 0 Å². The summed E-state index contributed by atoms with van der Waals surface area (Å²) in [6.07, 6.45) is 13.9. The Morgan fingerprint density at radius 1 is 1.25 bits per heavy atom. The molecule has 1 heterocycles. The van der Waals surface area contributed by atoms with Crippen molar-refractivity contribution in [1.29, 1.82) is 0 Å². The molecule has 16 heavy (non-hydrogen) atoms. The second-order valence-corrected chi connectivity index (χ2v) is 5.44. The Labute approximate surface area is 131 Å². The van der Waals surface area contributed by atoms with E-state index >= 15 is 0 Å². The molecule has 1 aliphatic carbocycles. The SMILES string of the molecule is C[Si](C)=C1[C-]=CC=C1.[Cl-].[Cl-].[Zr+4].[c-]1ccc[nH]1. The molecule has 1 aromatic rings. The number of aromatic nitrogens is 1. The van der Waals surface area contributed by atoms with Gasteiger partial charge in [-0.1, -0.05) is 13.1 Å². The first-order valence-electron chi connectivity index (χ1n) is 4.24. The third kappa shape index (κ3) is 9.53. The largest absolute Gasteiger partial charge is 4.00 e. The van der Waals surface area contributed by atoms with Crippen LogP contribution in [0.25, 0.3) is 0 Å². The van der Waals surface area contributed by atoms with Gasteiger partial charge >= 0.3 is 26.2 Å². The van der Waals surface area contributed by atoms with Crippen molar-refractivity contribution in [2.24, 2.45) is 0 Å². The zero-order valence-electron chi connectivity index (χ0n) is 9.22. The molecule has 0 saturated carbocycles. The molecule has 1 aliphatic rings. The third-order valence-electron chi connectivity index (χ3n) is 1.58. The van der Waals surface area contributed by atoms with Gasteiger partial charge in [0.1, 0.15) is 0 Å². The van der Waals surface area contributed by atoms with Crippen LogP contribution in [0.3, 0.4) is 0 Å². The summed E-state index contributed by atoms with van der Waals surface area (Å²) >= 11 is 0. The summed E-state index contributed by atoms with van der Waals surface area (Å²) in [5.41, 5.74) is 0. The summed E-state index contributed by atoms with van der Waals surface area (Å²) in [7, 11) is -0.225. The number of hydrogen-bond acceptors (Lipinski definition) is 0. The van der Waals surface area contributed by atoms with Gasteiger partial charge in [-0.05, 0) is 8.41 Å². The monoisotopic (exact) mass is 347 g/mol. The van der Waals surface area contributed by atoms with Crippen molar-refractivity contribution in [3.8, 4) is 0 Å². The maximum absolute atomic E-state index is 3.18. The molecule has 0 aliphatic heterocycles. The average molecular weight is 349 g/mol. The zero-order chi connectivity index (χ0) is 9.52. The minimum absolute atomic E-state index is 0. The van der Waals surface area contributed by atoms with E-state index < -0.39 is 0 Å². The first-order valence-corrected chi connectivity index (χ1v) is 6.74. The van der Waals surface area contributed by atoms with Gasteiger partial charge in [0.25, 0.3) is 0 Å². The Balaban J connectivity index is -0.000000189. The number of nitrogens with one attached hydrogen (secondary N) is 1. The molecule has 0 atom stereocenters. The predicted octanol–water partition coefficient (Wildman–Crippen LogP) is -3.76. The van der Waals surface area contributed by atoms with Crippen LogP contribution in [0.4, 0.5) is 0 Å². The fourth-order valence-electron chi connectivity index (χ4n) is 0.882. The van der Waals surface area contributed by atoms with E-state index in [0.29, 0.717) is 0 Å². The van der Waals surface area contributed by atoms with Gasteiger partial charge in [-0.3, -0.25) is 0 Å². The van der Waals surface area contributed by atoms with Crippen LogP contribution in [-0.2, 0) is 26.2 Å². The second kappa shape index (κ2) is 13.4. The van der Waals surface area contributed by atoms with Gasteiger partial charge in [-0.15, -0.1) is 6.20 Å². The molecule has 1 aromatic heterocycles. The molecule has 0 spiro atoms. The van der Waals surface area contributed by atoms with Crippen molar-refractivity contribution >= 4 is 13.6 Å². The number of halogens is 2. The van der Waals surface area contributed by atoms with Crippen LogP contribution in [0.1, 0.15) is 0 Å². The van der Waals surface area contributed by atoms with Gasteiger partial charge in [0.05, 0.1) is 0 Å². The van der Waals surface area contributed by atoms with E-state index in [9.17, 15) is 0 Å². The van der Waals surface area contributed by atoms with Gasteiger partial charge in [0.2, 0.25) is 0 Å². The van der Waals surface area contributed by atoms with Crippen molar-refractivity contribution in [2.75, 3.05) is 0 Å². The molecule has 84 valence electrons. The molecule has 1 nitrogen and oxygen atoms in total. The third-order valence-corrected chi connectivity index (χ3v) is 2.97. The topological polar surface area (TPSA) is 15.8 Å². The maximum Gasteiger partial charge on any atom is 4.00 e. The molecule has 0 unspecified atom stereocenters. The van der Waals surface area contributed by atoms with E-state index in [1.54, 1.807) is 0 Å². The number of hydrogen-bond donors (Lipinski definition) is 1. The normalized spacial score (nSPS) is 10.2. The van der Waals surface area contributed by atoms with E-state index in [1.807, 2.05) is 30.5 Å². The first-order chi connectivity index (χ1) is 6.30. The molecule has 2 rings (SSSR count). The molecule has 0 bridgehead atoms. The Morgan fingerprint density at radius 2 is 1.94 bits per heavy atom. The molecule has 0 amide bonds. The fraction of sp³-hybridized carbons (Fsp3) is 0.182. The van der Waals surface area contributed by atoms with Crippen LogP contribution in [0.2, 0.25) is 13.1 Å². The number of allylic oxidation sites excluding steroid dienone is 4. The Bertz CT molecular complexity index is 297. The Hall–Kier alpha value is 0.310. The van der Waals surface area contributed by atoms with Crippen LogP contribution in [-0.4, -0.2) is 18.6 Å². The number of H-pyrrole nitrogens is 1. The quantitative estimate of drug-likeness (QED) is 0.366. The van der Waals surface area contributed by atoms with Crippen molar-refractivity contribution in [3.63, 3.8) is 0 Å². The van der Waals surface area contributed by atoms with E-state index in [1.165, 1.54) is 5.17 Å². The van der Waals surface area contributed by atoms with Crippen LogP contribution in [0, 0.1) is 12.3 Å². The molecule has 0 radical (unpaired) electrons. The molecular formula is C11H13Cl2NSiZr. The number of rotatable bonds is 0. The smallest absolute Gasteiger partial charge is 1.00 e. The summed E-state index contributed by atoms with van der Waals surface area (Å²) < 4.78 is 0. The molecule has 0 fully saturated rings. The predicted molar refractivity (Wildman–Crippen MR) is 59.1 cm³/mol. The van der Waals surface area contributed by atoms with Crippen LogP contribution >= 0.6 is 0 Å². The standard InChI is InChI=1S/C7H9Si.C4H4N.2ClH.Zr/c1-8(2)7-5-3-4-6-7;1-2-4-5-3-1;;;/h3-5H,1-2H3;1-3,5H;2*1H;/q2*-1;;;+4/p-2. The van der Waals surface area contributed by atoms with Gasteiger partial charge < -0.3 is 29.8 Å². The van der Waals surface area contributed by atoms with Gasteiger partial charge in [-0.2, -0.15) is 35.7 Å². The molecule has 0 saturated heterocycles. The van der Waals surface area contributed by atoms with E-state index in [4.69, 9.17) is 0 Å². The van der Waals surface area contributed by atoms with Crippen molar-refractivity contribution < 1.29 is 51.0 Å². The average Bonchev–Trinajstić information content (AvgIpc) is 2.82. The van der Waals surface area contributed by atoms with E-state index in [2.05, 4.69) is 36.4 Å². The second-order valence-electron chi connectivity index (χ2n) is 2.90. The Kier molecular flexibility index (Phi) is 18.0. The fourth-order valence-corrected chi connectivity index (χ4v) is 1.68. The minimum atomic E-state index is -0.225. The summed E-state index contributed by atoms with van der Waals surface area (Å²) in [5, 5.41) is 1.41. The molecule has 5 heteroatoms. The van der Waals surface area contributed by atoms with Crippen molar-refractivity contribution in [1.82, 2.24) is 4.98 Å². The molecule has 0 aromatic carbocycles. The zero-order valence-corrected chi connectivity index (χ0v) is 14.2. The summed E-state index contributed by atoms with van der Waals surface area (Å²) in [6.45, 7) is 4.55. The van der Waals surface area contributed by atoms with Crippen LogP contribution in [0.15, 0.2) is 36.6 Å². The van der Waals surface area contributed by atoms with Crippen LogP contribution < -0.4 is 24.8 Å².